The van der Waals surface area contributed by atoms with Gasteiger partial charge in [0.05, 0.1) is 0 Å². The van der Waals surface area contributed by atoms with Gasteiger partial charge in [0.1, 0.15) is 11.2 Å². The predicted octanol–water partition coefficient (Wildman–Crippen LogP) is 4.08. The van der Waals surface area contributed by atoms with Crippen molar-refractivity contribution in [3.8, 4) is 0 Å². The molecule has 0 aromatic rings. The molecular formula is C20H28O3. The number of esters is 1. The topological polar surface area (TPSA) is 46.5 Å². The van der Waals surface area contributed by atoms with Crippen molar-refractivity contribution < 1.29 is 14.6 Å². The fourth-order valence-electron chi connectivity index (χ4n) is 4.34. The minimum atomic E-state index is -1.06. The van der Waals surface area contributed by atoms with Crippen LogP contribution in [-0.2, 0) is 9.53 Å². The van der Waals surface area contributed by atoms with E-state index in [1.807, 2.05) is 13.0 Å². The summed E-state index contributed by atoms with van der Waals surface area (Å²) in [5.74, 6) is 0.0217. The van der Waals surface area contributed by atoms with Gasteiger partial charge in [0.15, 0.2) is 0 Å². The number of aliphatic hydroxyl groups is 1. The molecule has 3 nitrogen and oxygen atoms in total. The van der Waals surface area contributed by atoms with E-state index in [4.69, 9.17) is 4.74 Å². The van der Waals surface area contributed by atoms with E-state index in [2.05, 4.69) is 26.5 Å². The van der Waals surface area contributed by atoms with E-state index in [1.54, 1.807) is 0 Å². The lowest BCUT2D eigenvalue weighted by Gasteiger charge is -2.45. The fourth-order valence-corrected chi connectivity index (χ4v) is 4.34. The summed E-state index contributed by atoms with van der Waals surface area (Å²) < 4.78 is 5.87. The normalized spacial score (nSPS) is 40.1. The molecule has 1 aliphatic carbocycles. The second-order valence-electron chi connectivity index (χ2n) is 7.84. The van der Waals surface area contributed by atoms with E-state index in [9.17, 15) is 9.90 Å². The van der Waals surface area contributed by atoms with Gasteiger partial charge in [0.25, 0.3) is 0 Å². The number of hydrogen-bond donors (Lipinski definition) is 1. The summed E-state index contributed by atoms with van der Waals surface area (Å²) in [5.41, 5.74) is 1.21. The highest BCUT2D eigenvalue weighted by Crippen LogP contribution is 2.51. The van der Waals surface area contributed by atoms with Crippen molar-refractivity contribution >= 4 is 5.97 Å². The molecule has 0 aromatic carbocycles. The summed E-state index contributed by atoms with van der Waals surface area (Å²) in [6.45, 7) is 10.5. The Labute approximate surface area is 139 Å². The van der Waals surface area contributed by atoms with E-state index in [-0.39, 0.29) is 11.9 Å². The molecule has 3 rings (SSSR count). The van der Waals surface area contributed by atoms with Crippen molar-refractivity contribution in [1.82, 2.24) is 0 Å². The second-order valence-corrected chi connectivity index (χ2v) is 7.84. The highest BCUT2D eigenvalue weighted by Gasteiger charge is 2.57. The summed E-state index contributed by atoms with van der Waals surface area (Å²) in [4.78, 5) is 12.6. The third-order valence-electron chi connectivity index (χ3n) is 6.09. The van der Waals surface area contributed by atoms with Crippen LogP contribution in [0.3, 0.4) is 0 Å². The maximum atomic E-state index is 12.6. The summed E-state index contributed by atoms with van der Waals surface area (Å²) in [6.07, 6.45) is 8.63. The first-order valence-corrected chi connectivity index (χ1v) is 8.80. The van der Waals surface area contributed by atoms with Gasteiger partial charge in [-0.2, -0.15) is 0 Å². The molecule has 0 amide bonds. The van der Waals surface area contributed by atoms with Crippen molar-refractivity contribution in [2.24, 2.45) is 11.8 Å². The maximum Gasteiger partial charge on any atom is 0.334 e. The van der Waals surface area contributed by atoms with Crippen LogP contribution >= 0.6 is 0 Å². The van der Waals surface area contributed by atoms with Crippen molar-refractivity contribution in [3.05, 3.63) is 35.5 Å². The number of allylic oxidation sites excluding steroid dienone is 2. The van der Waals surface area contributed by atoms with Crippen molar-refractivity contribution in [2.75, 3.05) is 0 Å². The van der Waals surface area contributed by atoms with Gasteiger partial charge in [-0.1, -0.05) is 43.7 Å². The standard InChI is InChI=1S/C20H28O3/c1-13(2)16-8-7-15-6-5-10-19(4,23-18(15)21)20(22)11-9-14(3)17(20)12-16/h6,12-13,17,22H,3,5,7-11H2,1-2,4H3/b16-12+/t17-,19-,20+/m0/s1. The highest BCUT2D eigenvalue weighted by molar-refractivity contribution is 5.89. The molecule has 126 valence electrons. The first-order valence-electron chi connectivity index (χ1n) is 8.80. The van der Waals surface area contributed by atoms with Crippen LogP contribution in [0.1, 0.15) is 59.3 Å². The second kappa shape index (κ2) is 5.62. The van der Waals surface area contributed by atoms with Gasteiger partial charge in [-0.25, -0.2) is 4.79 Å². The number of carbonyl (C=O) groups excluding carboxylic acids is 1. The molecule has 0 unspecified atom stereocenters. The first-order chi connectivity index (χ1) is 10.8. The van der Waals surface area contributed by atoms with Crippen LogP contribution in [0.25, 0.3) is 0 Å². The fraction of sp³-hybridized carbons (Fsp3) is 0.650. The molecule has 0 saturated heterocycles. The molecule has 3 atom stereocenters. The lowest BCUT2D eigenvalue weighted by Crippen LogP contribution is -2.56. The molecule has 1 saturated carbocycles. The monoisotopic (exact) mass is 316 g/mol. The highest BCUT2D eigenvalue weighted by atomic mass is 16.6. The summed E-state index contributed by atoms with van der Waals surface area (Å²) >= 11 is 0. The average molecular weight is 316 g/mol. The van der Waals surface area contributed by atoms with Crippen LogP contribution in [0.2, 0.25) is 0 Å². The Balaban J connectivity index is 2.15. The van der Waals surface area contributed by atoms with Crippen LogP contribution < -0.4 is 0 Å². The lowest BCUT2D eigenvalue weighted by atomic mass is 9.72. The molecule has 0 spiro atoms. The number of ether oxygens (including phenoxy) is 1. The van der Waals surface area contributed by atoms with E-state index in [0.29, 0.717) is 18.8 Å². The van der Waals surface area contributed by atoms with E-state index in [0.717, 1.165) is 36.8 Å². The van der Waals surface area contributed by atoms with Gasteiger partial charge in [-0.15, -0.1) is 0 Å². The molecule has 1 fully saturated rings. The molecule has 0 aromatic heterocycles. The Morgan fingerprint density at radius 1 is 1.30 bits per heavy atom. The molecule has 2 bridgehead atoms. The van der Waals surface area contributed by atoms with Crippen LogP contribution in [-0.4, -0.2) is 22.3 Å². The molecule has 0 radical (unpaired) electrons. The summed E-state index contributed by atoms with van der Waals surface area (Å²) in [7, 11) is 0. The number of hydrogen-bond acceptors (Lipinski definition) is 3. The molecule has 3 aliphatic rings. The van der Waals surface area contributed by atoms with Gasteiger partial charge < -0.3 is 9.84 Å². The quantitative estimate of drug-likeness (QED) is 0.585. The SMILES string of the molecule is C=C1CC[C@@]2(O)[C@H]1/C=C(/C(C)C)CCC1=CCC[C@]2(C)OC1=O. The van der Waals surface area contributed by atoms with Crippen LogP contribution in [0.5, 0.6) is 0 Å². The Bertz CT molecular complexity index is 598. The number of rotatable bonds is 1. The van der Waals surface area contributed by atoms with E-state index in [1.165, 1.54) is 5.57 Å². The van der Waals surface area contributed by atoms with Gasteiger partial charge in [0, 0.05) is 11.5 Å². The average Bonchev–Trinajstić information content (AvgIpc) is 2.67. The molecular weight excluding hydrogens is 288 g/mol. The molecule has 1 N–H and O–H groups in total. The predicted molar refractivity (Wildman–Crippen MR) is 90.8 cm³/mol. The molecule has 23 heavy (non-hydrogen) atoms. The molecule has 2 heterocycles. The van der Waals surface area contributed by atoms with E-state index < -0.39 is 11.2 Å². The zero-order valence-electron chi connectivity index (χ0n) is 14.5. The smallest absolute Gasteiger partial charge is 0.334 e. The Morgan fingerprint density at radius 3 is 2.74 bits per heavy atom. The summed E-state index contributed by atoms with van der Waals surface area (Å²) in [6, 6.07) is 0. The molecule has 2 aliphatic heterocycles. The zero-order valence-corrected chi connectivity index (χ0v) is 14.5. The zero-order chi connectivity index (χ0) is 16.8. The van der Waals surface area contributed by atoms with Gasteiger partial charge in [-0.3, -0.25) is 0 Å². The van der Waals surface area contributed by atoms with Crippen LogP contribution in [0.4, 0.5) is 0 Å². The van der Waals surface area contributed by atoms with Crippen molar-refractivity contribution in [2.45, 2.75) is 70.5 Å². The van der Waals surface area contributed by atoms with Crippen LogP contribution in [0.15, 0.2) is 35.5 Å². The number of carbonyl (C=O) groups is 1. The first kappa shape index (κ1) is 16.5. The van der Waals surface area contributed by atoms with Crippen LogP contribution in [0, 0.1) is 11.8 Å². The summed E-state index contributed by atoms with van der Waals surface area (Å²) in [5, 5.41) is 11.6. The Morgan fingerprint density at radius 2 is 2.04 bits per heavy atom. The maximum absolute atomic E-state index is 12.6. The Hall–Kier alpha value is -1.35. The van der Waals surface area contributed by atoms with Gasteiger partial charge in [-0.05, 0) is 51.4 Å². The minimum Gasteiger partial charge on any atom is -0.453 e. The third-order valence-corrected chi connectivity index (χ3v) is 6.09. The Kier molecular flexibility index (Phi) is 4.04. The molecule has 3 heteroatoms. The number of fused-ring (bicyclic) bond motifs is 5. The van der Waals surface area contributed by atoms with E-state index >= 15 is 0 Å². The van der Waals surface area contributed by atoms with Crippen molar-refractivity contribution in [1.29, 1.82) is 0 Å². The lowest BCUT2D eigenvalue weighted by molar-refractivity contribution is -0.193. The van der Waals surface area contributed by atoms with Gasteiger partial charge in [0.2, 0.25) is 0 Å². The van der Waals surface area contributed by atoms with Gasteiger partial charge >= 0.3 is 5.97 Å². The minimum absolute atomic E-state index is 0.127. The van der Waals surface area contributed by atoms with Crippen molar-refractivity contribution in [3.63, 3.8) is 0 Å². The largest absolute Gasteiger partial charge is 0.453 e. The third kappa shape index (κ3) is 2.59.